The molecule has 1 aromatic rings. The van der Waals surface area contributed by atoms with E-state index in [1.165, 1.54) is 6.92 Å². The Bertz CT molecular complexity index is 564. The van der Waals surface area contributed by atoms with Crippen molar-refractivity contribution in [3.63, 3.8) is 0 Å². The number of likely N-dealkylation sites (N-methyl/N-ethyl adjacent to an activating group) is 1. The first-order valence-corrected chi connectivity index (χ1v) is 9.05. The van der Waals surface area contributed by atoms with Crippen molar-refractivity contribution in [2.45, 2.75) is 38.1 Å². The number of nitrogens with zero attached hydrogens (tertiary/aromatic N) is 2. The largest absolute Gasteiger partial charge is 0.492 e. The summed E-state index contributed by atoms with van der Waals surface area (Å²) < 4.78 is 5.69. The quantitative estimate of drug-likeness (QED) is 0.634. The standard InChI is InChI=1S/C19H31N3O4/c1-14(23)20-18-10-16(24)12-22(13-19(18)25)11-15-4-6-17(7-5-15)26-9-8-21(2)3/h4-7,16,18-19,24-25H,8-13H2,1-3H3,(H,20,23)/t16-,18-,19-/m1/s1. The second-order valence-electron chi connectivity index (χ2n) is 7.25. The van der Waals surface area contributed by atoms with Crippen molar-refractivity contribution < 1.29 is 19.7 Å². The van der Waals surface area contributed by atoms with E-state index < -0.39 is 18.2 Å². The van der Waals surface area contributed by atoms with E-state index in [9.17, 15) is 15.0 Å². The number of carbonyl (C=O) groups excluding carboxylic acids is 1. The zero-order valence-electron chi connectivity index (χ0n) is 15.9. The molecule has 0 radical (unpaired) electrons. The van der Waals surface area contributed by atoms with Crippen LogP contribution in [0.15, 0.2) is 24.3 Å². The highest BCUT2D eigenvalue weighted by atomic mass is 16.5. The summed E-state index contributed by atoms with van der Waals surface area (Å²) in [6, 6.07) is 7.46. The highest BCUT2D eigenvalue weighted by Crippen LogP contribution is 2.17. The molecular weight excluding hydrogens is 334 g/mol. The summed E-state index contributed by atoms with van der Waals surface area (Å²) in [6.45, 7) is 4.42. The predicted octanol–water partition coefficient (Wildman–Crippen LogP) is 0.0592. The maximum atomic E-state index is 11.3. The van der Waals surface area contributed by atoms with Gasteiger partial charge >= 0.3 is 0 Å². The Hall–Kier alpha value is -1.67. The molecule has 0 bridgehead atoms. The number of β-amino-alcohol motifs (C(OH)–C–C–N with tert-alkyl or cyclic N) is 2. The second kappa shape index (κ2) is 9.87. The Morgan fingerprint density at radius 1 is 1.27 bits per heavy atom. The summed E-state index contributed by atoms with van der Waals surface area (Å²) in [4.78, 5) is 15.3. The van der Waals surface area contributed by atoms with Crippen molar-refractivity contribution in [3.8, 4) is 5.75 Å². The summed E-state index contributed by atoms with van der Waals surface area (Å²) in [5.41, 5.74) is 1.09. The zero-order chi connectivity index (χ0) is 19.1. The van der Waals surface area contributed by atoms with Gasteiger partial charge in [-0.1, -0.05) is 12.1 Å². The fraction of sp³-hybridized carbons (Fsp3) is 0.632. The Balaban J connectivity index is 1.90. The number of hydrogen-bond donors (Lipinski definition) is 3. The van der Waals surface area contributed by atoms with Gasteiger partial charge in [0.2, 0.25) is 5.91 Å². The van der Waals surface area contributed by atoms with Crippen LogP contribution < -0.4 is 10.1 Å². The molecule has 26 heavy (non-hydrogen) atoms. The molecular formula is C19H31N3O4. The lowest BCUT2D eigenvalue weighted by atomic mass is 10.1. The van der Waals surface area contributed by atoms with Crippen molar-refractivity contribution in [1.82, 2.24) is 15.1 Å². The molecule has 3 atom stereocenters. The van der Waals surface area contributed by atoms with Crippen LogP contribution in [0.25, 0.3) is 0 Å². The topological polar surface area (TPSA) is 85.3 Å². The molecule has 1 aromatic carbocycles. The normalized spacial score (nSPS) is 24.3. The number of rotatable bonds is 7. The number of ether oxygens (including phenoxy) is 1. The first kappa shape index (κ1) is 20.6. The van der Waals surface area contributed by atoms with E-state index >= 15 is 0 Å². The maximum Gasteiger partial charge on any atom is 0.217 e. The highest BCUT2D eigenvalue weighted by Gasteiger charge is 2.30. The van der Waals surface area contributed by atoms with Gasteiger partial charge in [-0.25, -0.2) is 0 Å². The van der Waals surface area contributed by atoms with E-state index in [0.29, 0.717) is 32.7 Å². The van der Waals surface area contributed by atoms with Crippen LogP contribution in [0.5, 0.6) is 5.75 Å². The van der Waals surface area contributed by atoms with Gasteiger partial charge in [-0.05, 0) is 38.2 Å². The molecule has 0 unspecified atom stereocenters. The number of nitrogens with one attached hydrogen (secondary N) is 1. The van der Waals surface area contributed by atoms with E-state index in [-0.39, 0.29) is 5.91 Å². The predicted molar refractivity (Wildman–Crippen MR) is 100 cm³/mol. The Morgan fingerprint density at radius 2 is 1.96 bits per heavy atom. The van der Waals surface area contributed by atoms with Crippen LogP contribution in [0.3, 0.4) is 0 Å². The van der Waals surface area contributed by atoms with Crippen LogP contribution in [-0.4, -0.2) is 84.5 Å². The minimum Gasteiger partial charge on any atom is -0.492 e. The van der Waals surface area contributed by atoms with E-state index in [4.69, 9.17) is 4.74 Å². The minimum atomic E-state index is -0.704. The third kappa shape index (κ3) is 6.92. The first-order chi connectivity index (χ1) is 12.3. The summed E-state index contributed by atoms with van der Waals surface area (Å²) >= 11 is 0. The smallest absolute Gasteiger partial charge is 0.217 e. The summed E-state index contributed by atoms with van der Waals surface area (Å²) in [5, 5.41) is 23.3. The molecule has 0 saturated carbocycles. The molecule has 1 amide bonds. The van der Waals surface area contributed by atoms with Crippen molar-refractivity contribution in [1.29, 1.82) is 0 Å². The number of hydrogen-bond acceptors (Lipinski definition) is 6. The molecule has 0 aliphatic carbocycles. The molecule has 0 aromatic heterocycles. The molecule has 146 valence electrons. The summed E-state index contributed by atoms with van der Waals surface area (Å²) in [5.74, 6) is 0.636. The van der Waals surface area contributed by atoms with E-state index in [1.807, 2.05) is 43.3 Å². The van der Waals surface area contributed by atoms with E-state index in [1.54, 1.807) is 0 Å². The van der Waals surface area contributed by atoms with Crippen molar-refractivity contribution in [3.05, 3.63) is 29.8 Å². The maximum absolute atomic E-state index is 11.3. The average molecular weight is 365 g/mol. The van der Waals surface area contributed by atoms with Gasteiger partial charge in [-0.3, -0.25) is 9.69 Å². The fourth-order valence-electron chi connectivity index (χ4n) is 3.13. The molecule has 7 heteroatoms. The van der Waals surface area contributed by atoms with Crippen LogP contribution in [0, 0.1) is 0 Å². The van der Waals surface area contributed by atoms with Gasteiger partial charge in [0, 0.05) is 33.1 Å². The Labute approximate surface area is 155 Å². The molecule has 3 N–H and O–H groups in total. The molecule has 0 spiro atoms. The zero-order valence-corrected chi connectivity index (χ0v) is 15.9. The van der Waals surface area contributed by atoms with Crippen LogP contribution in [0.2, 0.25) is 0 Å². The van der Waals surface area contributed by atoms with Crippen LogP contribution >= 0.6 is 0 Å². The van der Waals surface area contributed by atoms with Crippen LogP contribution in [-0.2, 0) is 11.3 Å². The van der Waals surface area contributed by atoms with Gasteiger partial charge in [0.25, 0.3) is 0 Å². The summed E-state index contributed by atoms with van der Waals surface area (Å²) in [7, 11) is 4.01. The van der Waals surface area contributed by atoms with Crippen molar-refractivity contribution in [2.24, 2.45) is 0 Å². The number of aliphatic hydroxyl groups excluding tert-OH is 2. The lowest BCUT2D eigenvalue weighted by Crippen LogP contribution is -2.45. The van der Waals surface area contributed by atoms with Gasteiger partial charge in [-0.15, -0.1) is 0 Å². The molecule has 1 aliphatic rings. The number of carbonyl (C=O) groups is 1. The van der Waals surface area contributed by atoms with E-state index in [2.05, 4.69) is 10.2 Å². The average Bonchev–Trinajstić information content (AvgIpc) is 2.66. The molecule has 1 saturated heterocycles. The number of aliphatic hydroxyl groups is 2. The van der Waals surface area contributed by atoms with Crippen LogP contribution in [0.4, 0.5) is 0 Å². The number of amides is 1. The van der Waals surface area contributed by atoms with Gasteiger partial charge < -0.3 is 25.2 Å². The minimum absolute atomic E-state index is 0.195. The van der Waals surface area contributed by atoms with Gasteiger partial charge in [0.05, 0.1) is 18.2 Å². The second-order valence-corrected chi connectivity index (χ2v) is 7.25. The van der Waals surface area contributed by atoms with Crippen LogP contribution in [0.1, 0.15) is 18.9 Å². The molecule has 1 fully saturated rings. The van der Waals surface area contributed by atoms with Gasteiger partial charge in [-0.2, -0.15) is 0 Å². The molecule has 2 rings (SSSR count). The molecule has 7 nitrogen and oxygen atoms in total. The lowest BCUT2D eigenvalue weighted by molar-refractivity contribution is -0.120. The van der Waals surface area contributed by atoms with Crippen molar-refractivity contribution in [2.75, 3.05) is 40.3 Å². The third-order valence-electron chi connectivity index (χ3n) is 4.43. The van der Waals surface area contributed by atoms with Gasteiger partial charge in [0.15, 0.2) is 0 Å². The van der Waals surface area contributed by atoms with E-state index in [0.717, 1.165) is 17.9 Å². The Kier molecular flexibility index (Phi) is 7.84. The lowest BCUT2D eigenvalue weighted by Gasteiger charge is -2.25. The molecule has 1 aliphatic heterocycles. The Morgan fingerprint density at radius 3 is 2.58 bits per heavy atom. The van der Waals surface area contributed by atoms with Crippen molar-refractivity contribution >= 4 is 5.91 Å². The first-order valence-electron chi connectivity index (χ1n) is 9.05. The number of likely N-dealkylation sites (tertiary alicyclic amines) is 1. The fourth-order valence-corrected chi connectivity index (χ4v) is 3.13. The summed E-state index contributed by atoms with van der Waals surface area (Å²) in [6.07, 6.45) is -0.932. The third-order valence-corrected chi connectivity index (χ3v) is 4.43. The highest BCUT2D eigenvalue weighted by molar-refractivity contribution is 5.73. The van der Waals surface area contributed by atoms with Gasteiger partial charge in [0.1, 0.15) is 12.4 Å². The number of benzene rings is 1. The SMILES string of the molecule is CC(=O)N[C@@H]1C[C@@H](O)CN(Cc2ccc(OCCN(C)C)cc2)C[C@H]1O. The molecule has 1 heterocycles. The monoisotopic (exact) mass is 365 g/mol.